The van der Waals surface area contributed by atoms with Crippen LogP contribution in [-0.2, 0) is 5.54 Å². The number of rotatable bonds is 8. The number of hydrogen-bond acceptors (Lipinski definition) is 9. The number of fused-ring (bicyclic) bond motifs is 1. The molecule has 12 nitrogen and oxygen atoms in total. The highest BCUT2D eigenvalue weighted by molar-refractivity contribution is 5.91. The molecule has 0 aliphatic carbocycles. The Balaban J connectivity index is 1.57. The standard InChI is InChI=1S/C27H33N7O5/c1-6-27(2,3)34-24(29-30-31-34)23(32-9-11-33(12-10-32)26(36)20-8-7-13-39-20)18-14-17-15-21(37-4)22(38-5)16-19(17)28-25(18)35/h7-8,13-16,23H,6,9-12H2,1-5H3,(H,28,35)/t23-/m1/s1. The smallest absolute Gasteiger partial charge is 0.289 e. The van der Waals surface area contributed by atoms with E-state index in [1.165, 1.54) is 6.26 Å². The summed E-state index contributed by atoms with van der Waals surface area (Å²) >= 11 is 0. The van der Waals surface area contributed by atoms with Crippen LogP contribution in [0.4, 0.5) is 0 Å². The number of aromatic amines is 1. The molecule has 12 heteroatoms. The molecule has 0 spiro atoms. The fourth-order valence-corrected chi connectivity index (χ4v) is 4.94. The van der Waals surface area contributed by atoms with E-state index in [0.717, 1.165) is 11.8 Å². The van der Waals surface area contributed by atoms with Crippen molar-refractivity contribution in [3.63, 3.8) is 0 Å². The van der Waals surface area contributed by atoms with Crippen LogP contribution >= 0.6 is 0 Å². The molecule has 1 saturated heterocycles. The van der Waals surface area contributed by atoms with Gasteiger partial charge < -0.3 is 23.8 Å². The third kappa shape index (κ3) is 4.87. The predicted molar refractivity (Wildman–Crippen MR) is 143 cm³/mol. The molecule has 0 radical (unpaired) electrons. The summed E-state index contributed by atoms with van der Waals surface area (Å²) in [6.45, 7) is 8.15. The number of piperazine rings is 1. The Labute approximate surface area is 225 Å². The van der Waals surface area contributed by atoms with E-state index >= 15 is 0 Å². The first-order valence-corrected chi connectivity index (χ1v) is 12.9. The van der Waals surface area contributed by atoms with Gasteiger partial charge in [-0.25, -0.2) is 4.68 Å². The van der Waals surface area contributed by atoms with Crippen LogP contribution < -0.4 is 15.0 Å². The number of nitrogens with zero attached hydrogens (tertiary/aromatic N) is 6. The van der Waals surface area contributed by atoms with Gasteiger partial charge in [-0.2, -0.15) is 0 Å². The van der Waals surface area contributed by atoms with E-state index in [1.54, 1.807) is 42.0 Å². The normalized spacial score (nSPS) is 15.5. The van der Waals surface area contributed by atoms with Gasteiger partial charge in [0.15, 0.2) is 23.1 Å². The molecule has 1 aliphatic rings. The van der Waals surface area contributed by atoms with Crippen LogP contribution in [0.3, 0.4) is 0 Å². The third-order valence-corrected chi connectivity index (χ3v) is 7.55. The highest BCUT2D eigenvalue weighted by atomic mass is 16.5. The zero-order valence-electron chi connectivity index (χ0n) is 22.8. The van der Waals surface area contributed by atoms with E-state index in [2.05, 4.69) is 46.2 Å². The van der Waals surface area contributed by atoms with Crippen LogP contribution in [0.2, 0.25) is 0 Å². The third-order valence-electron chi connectivity index (χ3n) is 7.55. The van der Waals surface area contributed by atoms with Crippen LogP contribution in [-0.4, -0.2) is 81.3 Å². The molecule has 39 heavy (non-hydrogen) atoms. The molecule has 1 aromatic carbocycles. The highest BCUT2D eigenvalue weighted by Gasteiger charge is 2.36. The molecule has 0 unspecified atom stereocenters. The summed E-state index contributed by atoms with van der Waals surface area (Å²) in [4.78, 5) is 33.4. The summed E-state index contributed by atoms with van der Waals surface area (Å²) in [6, 6.07) is 8.26. The summed E-state index contributed by atoms with van der Waals surface area (Å²) < 4.78 is 18.0. The highest BCUT2D eigenvalue weighted by Crippen LogP contribution is 2.34. The first kappa shape index (κ1) is 26.4. The zero-order valence-corrected chi connectivity index (χ0v) is 22.8. The summed E-state index contributed by atoms with van der Waals surface area (Å²) in [5.74, 6) is 1.80. The molecule has 5 rings (SSSR count). The van der Waals surface area contributed by atoms with Crippen LogP contribution in [0.1, 0.15) is 55.2 Å². The first-order chi connectivity index (χ1) is 18.8. The van der Waals surface area contributed by atoms with E-state index in [4.69, 9.17) is 13.9 Å². The van der Waals surface area contributed by atoms with Gasteiger partial charge in [-0.3, -0.25) is 14.5 Å². The lowest BCUT2D eigenvalue weighted by Gasteiger charge is -2.39. The zero-order chi connectivity index (χ0) is 27.7. The van der Waals surface area contributed by atoms with Crippen molar-refractivity contribution >= 4 is 16.8 Å². The maximum atomic E-state index is 13.6. The monoisotopic (exact) mass is 535 g/mol. The van der Waals surface area contributed by atoms with Gasteiger partial charge in [0.2, 0.25) is 0 Å². The second-order valence-corrected chi connectivity index (χ2v) is 10.2. The van der Waals surface area contributed by atoms with Gasteiger partial charge in [-0.1, -0.05) is 6.92 Å². The van der Waals surface area contributed by atoms with Crippen molar-refractivity contribution in [1.82, 2.24) is 35.0 Å². The number of nitrogens with one attached hydrogen (secondary N) is 1. The number of H-pyrrole nitrogens is 1. The lowest BCUT2D eigenvalue weighted by atomic mass is 9.98. The van der Waals surface area contributed by atoms with Gasteiger partial charge >= 0.3 is 0 Å². The fraction of sp³-hybridized carbons (Fsp3) is 0.444. The number of amides is 1. The summed E-state index contributed by atoms with van der Waals surface area (Å²) in [7, 11) is 3.13. The van der Waals surface area contributed by atoms with Gasteiger partial charge in [-0.05, 0) is 55.0 Å². The van der Waals surface area contributed by atoms with E-state index < -0.39 is 6.04 Å². The molecule has 3 aromatic heterocycles. The minimum atomic E-state index is -0.548. The largest absolute Gasteiger partial charge is 0.493 e. The fourth-order valence-electron chi connectivity index (χ4n) is 4.94. The predicted octanol–water partition coefficient (Wildman–Crippen LogP) is 2.82. The number of hydrogen-bond donors (Lipinski definition) is 1. The Morgan fingerprint density at radius 2 is 1.85 bits per heavy atom. The maximum Gasteiger partial charge on any atom is 0.289 e. The number of furan rings is 1. The number of carbonyl (C=O) groups excluding carboxylic acids is 1. The molecule has 206 valence electrons. The molecule has 1 fully saturated rings. The van der Waals surface area contributed by atoms with Crippen LogP contribution in [0.5, 0.6) is 11.5 Å². The van der Waals surface area contributed by atoms with Gasteiger partial charge in [0.1, 0.15) is 6.04 Å². The average Bonchev–Trinajstić information content (AvgIpc) is 3.66. The number of ether oxygens (including phenoxy) is 2. The van der Waals surface area contributed by atoms with Gasteiger partial charge in [0, 0.05) is 43.2 Å². The van der Waals surface area contributed by atoms with Gasteiger partial charge in [0.25, 0.3) is 11.5 Å². The Morgan fingerprint density at radius 3 is 2.49 bits per heavy atom. The molecule has 1 amide bonds. The number of methoxy groups -OCH3 is 2. The van der Waals surface area contributed by atoms with Crippen LogP contribution in [0, 0.1) is 0 Å². The van der Waals surface area contributed by atoms with E-state index in [1.807, 2.05) is 12.1 Å². The second-order valence-electron chi connectivity index (χ2n) is 10.2. The molecule has 1 atom stereocenters. The van der Waals surface area contributed by atoms with Crippen molar-refractivity contribution in [3.05, 3.63) is 64.1 Å². The molecular weight excluding hydrogens is 502 g/mol. The molecule has 0 bridgehead atoms. The first-order valence-electron chi connectivity index (χ1n) is 12.9. The lowest BCUT2D eigenvalue weighted by Crippen LogP contribution is -2.51. The van der Waals surface area contributed by atoms with Crippen molar-refractivity contribution < 1.29 is 18.7 Å². The Morgan fingerprint density at radius 1 is 1.13 bits per heavy atom. The molecule has 4 aromatic rings. The van der Waals surface area contributed by atoms with Crippen molar-refractivity contribution in [2.24, 2.45) is 0 Å². The van der Waals surface area contributed by atoms with Crippen LogP contribution in [0.25, 0.3) is 10.9 Å². The number of carbonyl (C=O) groups is 1. The summed E-state index contributed by atoms with van der Waals surface area (Å²) in [5, 5.41) is 13.5. The minimum Gasteiger partial charge on any atom is -0.493 e. The number of benzene rings is 1. The number of aromatic nitrogens is 5. The Bertz CT molecular complexity index is 1520. The Hall–Kier alpha value is -4.19. The van der Waals surface area contributed by atoms with Crippen molar-refractivity contribution in [2.75, 3.05) is 40.4 Å². The molecule has 0 saturated carbocycles. The van der Waals surface area contributed by atoms with Gasteiger partial charge in [0.05, 0.1) is 31.5 Å². The minimum absolute atomic E-state index is 0.155. The average molecular weight is 536 g/mol. The quantitative estimate of drug-likeness (QED) is 0.362. The second kappa shape index (κ2) is 10.5. The molecule has 1 N–H and O–H groups in total. The van der Waals surface area contributed by atoms with E-state index in [-0.39, 0.29) is 17.0 Å². The van der Waals surface area contributed by atoms with Crippen molar-refractivity contribution in [2.45, 2.75) is 38.8 Å². The van der Waals surface area contributed by atoms with Crippen molar-refractivity contribution in [3.8, 4) is 11.5 Å². The molecular formula is C27H33N7O5. The lowest BCUT2D eigenvalue weighted by molar-refractivity contribution is 0.0554. The molecule has 4 heterocycles. The van der Waals surface area contributed by atoms with E-state index in [0.29, 0.717) is 60.3 Å². The van der Waals surface area contributed by atoms with E-state index in [9.17, 15) is 9.59 Å². The van der Waals surface area contributed by atoms with Crippen LogP contribution in [0.15, 0.2) is 45.8 Å². The van der Waals surface area contributed by atoms with Gasteiger partial charge in [-0.15, -0.1) is 5.10 Å². The Kier molecular flexibility index (Phi) is 7.13. The maximum absolute atomic E-state index is 13.6. The van der Waals surface area contributed by atoms with Crippen molar-refractivity contribution in [1.29, 1.82) is 0 Å². The summed E-state index contributed by atoms with van der Waals surface area (Å²) in [5.41, 5.74) is 0.498. The SMILES string of the molecule is CCC(C)(C)n1nnnc1[C@@H](c1cc2cc(OC)c(OC)cc2[nH]c1=O)N1CCN(C(=O)c2ccco2)CC1. The number of pyridine rings is 1. The topological polar surface area (TPSA) is 132 Å². The molecule has 1 aliphatic heterocycles. The summed E-state index contributed by atoms with van der Waals surface area (Å²) in [6.07, 6.45) is 2.28. The number of tetrazole rings is 1.